The van der Waals surface area contributed by atoms with E-state index in [0.29, 0.717) is 10.6 Å². The van der Waals surface area contributed by atoms with Crippen molar-refractivity contribution in [3.63, 3.8) is 0 Å². The molecule has 0 fully saturated rings. The molecule has 0 saturated heterocycles. The molecular formula is C13H7ClO2S. The lowest BCUT2D eigenvalue weighted by Crippen LogP contribution is -1.96. The maximum atomic E-state index is 11.2. The fourth-order valence-electron chi connectivity index (χ4n) is 2.00. The second-order valence-corrected chi connectivity index (χ2v) is 5.11. The van der Waals surface area contributed by atoms with Gasteiger partial charge in [0.2, 0.25) is 0 Å². The zero-order valence-electron chi connectivity index (χ0n) is 8.61. The van der Waals surface area contributed by atoms with Crippen LogP contribution in [0, 0.1) is 0 Å². The highest BCUT2D eigenvalue weighted by atomic mass is 35.5. The summed E-state index contributed by atoms with van der Waals surface area (Å²) in [5, 5.41) is 14.6. The Labute approximate surface area is 106 Å². The Morgan fingerprint density at radius 2 is 2.00 bits per heavy atom. The van der Waals surface area contributed by atoms with Crippen LogP contribution in [0.5, 0.6) is 0 Å². The van der Waals surface area contributed by atoms with Crippen LogP contribution in [-0.4, -0.2) is 11.1 Å². The predicted molar refractivity (Wildman–Crippen MR) is 71.3 cm³/mol. The summed E-state index contributed by atoms with van der Waals surface area (Å²) in [5.74, 6) is -0.894. The molecule has 1 N–H and O–H groups in total. The average molecular weight is 263 g/mol. The van der Waals surface area contributed by atoms with E-state index in [1.807, 2.05) is 23.6 Å². The molecule has 1 aromatic heterocycles. The number of halogens is 1. The Bertz CT molecular complexity index is 746. The van der Waals surface area contributed by atoms with Crippen LogP contribution in [0.4, 0.5) is 0 Å². The molecule has 84 valence electrons. The van der Waals surface area contributed by atoms with Crippen molar-refractivity contribution in [1.29, 1.82) is 0 Å². The van der Waals surface area contributed by atoms with Crippen LogP contribution >= 0.6 is 22.9 Å². The van der Waals surface area contributed by atoms with E-state index in [4.69, 9.17) is 11.6 Å². The van der Waals surface area contributed by atoms with Crippen molar-refractivity contribution < 1.29 is 9.90 Å². The highest BCUT2D eigenvalue weighted by molar-refractivity contribution is 7.17. The Balaban J connectivity index is 2.55. The quantitative estimate of drug-likeness (QED) is 0.705. The van der Waals surface area contributed by atoms with E-state index < -0.39 is 5.97 Å². The highest BCUT2D eigenvalue weighted by Gasteiger charge is 2.13. The van der Waals surface area contributed by atoms with Crippen LogP contribution in [0.3, 0.4) is 0 Å². The van der Waals surface area contributed by atoms with Crippen molar-refractivity contribution in [1.82, 2.24) is 0 Å². The molecule has 1 heterocycles. The van der Waals surface area contributed by atoms with Crippen molar-refractivity contribution in [2.24, 2.45) is 0 Å². The maximum Gasteiger partial charge on any atom is 0.337 e. The summed E-state index contributed by atoms with van der Waals surface area (Å²) in [6, 6.07) is 9.13. The first-order chi connectivity index (χ1) is 8.16. The van der Waals surface area contributed by atoms with E-state index in [9.17, 15) is 9.90 Å². The topological polar surface area (TPSA) is 37.3 Å². The summed E-state index contributed by atoms with van der Waals surface area (Å²) in [7, 11) is 0. The third-order valence-electron chi connectivity index (χ3n) is 2.75. The first-order valence-electron chi connectivity index (χ1n) is 4.99. The lowest BCUT2D eigenvalue weighted by molar-refractivity contribution is 0.0699. The number of aromatic carboxylic acids is 1. The first kappa shape index (κ1) is 10.6. The lowest BCUT2D eigenvalue weighted by atomic mass is 10.0. The number of carbonyl (C=O) groups is 1. The molecule has 0 bridgehead atoms. The predicted octanol–water partition coefficient (Wildman–Crippen LogP) is 4.41. The van der Waals surface area contributed by atoms with Crippen molar-refractivity contribution in [2.45, 2.75) is 0 Å². The van der Waals surface area contributed by atoms with Gasteiger partial charge in [0.05, 0.1) is 5.56 Å². The molecule has 0 spiro atoms. The molecule has 17 heavy (non-hydrogen) atoms. The van der Waals surface area contributed by atoms with Gasteiger partial charge in [-0.3, -0.25) is 0 Å². The van der Waals surface area contributed by atoms with Crippen molar-refractivity contribution >= 4 is 49.8 Å². The number of thiophene rings is 1. The first-order valence-corrected chi connectivity index (χ1v) is 6.25. The SMILES string of the molecule is O=C(O)c1cc2ccc(Cl)cc2c2ccsc12. The van der Waals surface area contributed by atoms with Crippen molar-refractivity contribution in [3.8, 4) is 0 Å². The average Bonchev–Trinajstić information content (AvgIpc) is 2.76. The third kappa shape index (κ3) is 1.59. The van der Waals surface area contributed by atoms with Gasteiger partial charge in [0, 0.05) is 15.1 Å². The second kappa shape index (κ2) is 3.72. The Morgan fingerprint density at radius 3 is 2.76 bits per heavy atom. The minimum absolute atomic E-state index is 0.352. The molecule has 3 rings (SSSR count). The molecular weight excluding hydrogens is 256 g/mol. The zero-order chi connectivity index (χ0) is 12.0. The van der Waals surface area contributed by atoms with Crippen molar-refractivity contribution in [3.05, 3.63) is 46.3 Å². The number of fused-ring (bicyclic) bond motifs is 3. The van der Waals surface area contributed by atoms with E-state index in [1.165, 1.54) is 11.3 Å². The molecule has 0 unspecified atom stereocenters. The molecule has 4 heteroatoms. The number of hydrogen-bond donors (Lipinski definition) is 1. The zero-order valence-corrected chi connectivity index (χ0v) is 10.2. The Kier molecular flexibility index (Phi) is 2.31. The standard InChI is InChI=1S/C13H7ClO2S/c14-8-2-1-7-5-11(13(15)16)12-9(3-4-17-12)10(7)6-8/h1-6H,(H,15,16). The monoisotopic (exact) mass is 262 g/mol. The van der Waals surface area contributed by atoms with Crippen LogP contribution in [0.15, 0.2) is 35.7 Å². The lowest BCUT2D eigenvalue weighted by Gasteiger charge is -2.04. The summed E-state index contributed by atoms with van der Waals surface area (Å²) in [4.78, 5) is 11.2. The third-order valence-corrected chi connectivity index (χ3v) is 3.93. The second-order valence-electron chi connectivity index (χ2n) is 3.76. The van der Waals surface area contributed by atoms with Gasteiger partial charge in [0.25, 0.3) is 0 Å². The number of carboxylic acids is 1. The van der Waals surface area contributed by atoms with E-state index in [0.717, 1.165) is 20.9 Å². The van der Waals surface area contributed by atoms with Gasteiger partial charge in [-0.15, -0.1) is 11.3 Å². The molecule has 2 nitrogen and oxygen atoms in total. The van der Waals surface area contributed by atoms with Gasteiger partial charge in [-0.25, -0.2) is 4.79 Å². The van der Waals surface area contributed by atoms with Gasteiger partial charge >= 0.3 is 5.97 Å². The molecule has 2 aromatic carbocycles. The summed E-state index contributed by atoms with van der Waals surface area (Å²) in [6.45, 7) is 0. The fourth-order valence-corrected chi connectivity index (χ4v) is 3.09. The summed E-state index contributed by atoms with van der Waals surface area (Å²) in [5.41, 5.74) is 0.352. The summed E-state index contributed by atoms with van der Waals surface area (Å²) < 4.78 is 0.798. The molecule has 0 atom stereocenters. The molecule has 0 aliphatic heterocycles. The van der Waals surface area contributed by atoms with Crippen molar-refractivity contribution in [2.75, 3.05) is 0 Å². The number of rotatable bonds is 1. The molecule has 3 aromatic rings. The van der Waals surface area contributed by atoms with Crippen LogP contribution < -0.4 is 0 Å². The van der Waals surface area contributed by atoms with Gasteiger partial charge in [-0.05, 0) is 40.4 Å². The fraction of sp³-hybridized carbons (Fsp3) is 0. The largest absolute Gasteiger partial charge is 0.478 e. The molecule has 0 amide bonds. The normalized spacial score (nSPS) is 11.1. The van der Waals surface area contributed by atoms with Crippen LogP contribution in [0.25, 0.3) is 20.9 Å². The molecule has 0 saturated carbocycles. The van der Waals surface area contributed by atoms with E-state index in [-0.39, 0.29) is 0 Å². The molecule has 0 aliphatic carbocycles. The van der Waals surface area contributed by atoms with Gasteiger partial charge < -0.3 is 5.11 Å². The molecule has 0 radical (unpaired) electrons. The Hall–Kier alpha value is -1.58. The van der Waals surface area contributed by atoms with Gasteiger partial charge in [-0.2, -0.15) is 0 Å². The van der Waals surface area contributed by atoms with Crippen LogP contribution in [0.2, 0.25) is 5.02 Å². The van der Waals surface area contributed by atoms with Gasteiger partial charge in [0.1, 0.15) is 0 Å². The highest BCUT2D eigenvalue weighted by Crippen LogP contribution is 2.33. The number of benzene rings is 2. The summed E-state index contributed by atoms with van der Waals surface area (Å²) in [6.07, 6.45) is 0. The van der Waals surface area contributed by atoms with Crippen LogP contribution in [0.1, 0.15) is 10.4 Å². The summed E-state index contributed by atoms with van der Waals surface area (Å²) >= 11 is 7.41. The number of hydrogen-bond acceptors (Lipinski definition) is 2. The van der Waals surface area contributed by atoms with Gasteiger partial charge in [-0.1, -0.05) is 17.7 Å². The Morgan fingerprint density at radius 1 is 1.18 bits per heavy atom. The maximum absolute atomic E-state index is 11.2. The van der Waals surface area contributed by atoms with Gasteiger partial charge in [0.15, 0.2) is 0 Å². The van der Waals surface area contributed by atoms with E-state index in [2.05, 4.69) is 0 Å². The number of carboxylic acid groups (broad SMARTS) is 1. The smallest absolute Gasteiger partial charge is 0.337 e. The minimum atomic E-state index is -0.894. The van der Waals surface area contributed by atoms with E-state index >= 15 is 0 Å². The van der Waals surface area contributed by atoms with Crippen LogP contribution in [-0.2, 0) is 0 Å². The van der Waals surface area contributed by atoms with E-state index in [1.54, 1.807) is 12.1 Å². The molecule has 0 aliphatic rings. The minimum Gasteiger partial charge on any atom is -0.478 e.